The van der Waals surface area contributed by atoms with E-state index < -0.39 is 29.9 Å². The molecule has 2 saturated heterocycles. The molecular weight excluding hydrogens is 459 g/mol. The summed E-state index contributed by atoms with van der Waals surface area (Å²) in [6, 6.07) is 20.8. The quantitative estimate of drug-likeness (QED) is 0.458. The van der Waals surface area contributed by atoms with E-state index in [-0.39, 0.29) is 15.7 Å². The zero-order valence-corrected chi connectivity index (χ0v) is 18.2. The molecule has 8 heteroatoms. The molecule has 0 spiro atoms. The Morgan fingerprint density at radius 2 is 1.45 bits per heavy atom. The molecule has 2 amide bonds. The molecule has 3 aromatic carbocycles. The third-order valence-corrected chi connectivity index (χ3v) is 6.32. The van der Waals surface area contributed by atoms with E-state index >= 15 is 0 Å². The first-order valence-electron chi connectivity index (χ1n) is 9.55. The third-order valence-electron chi connectivity index (χ3n) is 5.48. The van der Waals surface area contributed by atoms with Gasteiger partial charge in [-0.25, -0.2) is 9.96 Å². The van der Waals surface area contributed by atoms with Crippen LogP contribution in [0.25, 0.3) is 0 Å². The summed E-state index contributed by atoms with van der Waals surface area (Å²) in [6.07, 6.45) is -1.01. The molecule has 0 aromatic heterocycles. The van der Waals surface area contributed by atoms with Crippen LogP contribution in [0, 0.1) is 5.92 Å². The molecule has 156 valence electrons. The first-order chi connectivity index (χ1) is 15.0. The summed E-state index contributed by atoms with van der Waals surface area (Å²) in [5, 5.41) is 2.57. The molecule has 3 atom stereocenters. The molecule has 2 aliphatic heterocycles. The molecule has 3 unspecified atom stereocenters. The van der Waals surface area contributed by atoms with E-state index in [1.807, 2.05) is 36.4 Å². The standard InChI is InChI=1S/C23H15Cl3N2O3/c24-14-7-4-6-13(12-14)19-18-21(31-28(19)15-8-2-1-3-9-15)23(30)27(22(18)29)20-16(25)10-5-11-17(20)26/h1-12,18-19,21H. The van der Waals surface area contributed by atoms with Crippen LogP contribution in [0.2, 0.25) is 15.1 Å². The van der Waals surface area contributed by atoms with E-state index in [2.05, 4.69) is 0 Å². The number of hydroxylamine groups is 1. The van der Waals surface area contributed by atoms with Crippen LogP contribution in [0.3, 0.4) is 0 Å². The lowest BCUT2D eigenvalue weighted by Crippen LogP contribution is -2.37. The van der Waals surface area contributed by atoms with Crippen LogP contribution in [0.5, 0.6) is 0 Å². The number of halogens is 3. The number of nitrogens with zero attached hydrogens (tertiary/aromatic N) is 2. The number of hydrogen-bond acceptors (Lipinski definition) is 4. The highest BCUT2D eigenvalue weighted by molar-refractivity contribution is 6.42. The Bertz CT molecular complexity index is 1170. The summed E-state index contributed by atoms with van der Waals surface area (Å²) in [5.41, 5.74) is 1.66. The number of carbonyl (C=O) groups is 2. The van der Waals surface area contributed by atoms with Crippen LogP contribution in [-0.4, -0.2) is 17.9 Å². The molecule has 0 aliphatic carbocycles. The largest absolute Gasteiger partial charge is 0.273 e. The van der Waals surface area contributed by atoms with Crippen LogP contribution < -0.4 is 9.96 Å². The summed E-state index contributed by atoms with van der Waals surface area (Å²) >= 11 is 18.8. The van der Waals surface area contributed by atoms with Crippen molar-refractivity contribution in [2.45, 2.75) is 12.1 Å². The maximum Gasteiger partial charge on any atom is 0.266 e. The van der Waals surface area contributed by atoms with Crippen LogP contribution in [0.4, 0.5) is 11.4 Å². The van der Waals surface area contributed by atoms with Gasteiger partial charge in [0, 0.05) is 5.02 Å². The highest BCUT2D eigenvalue weighted by atomic mass is 35.5. The van der Waals surface area contributed by atoms with Gasteiger partial charge < -0.3 is 0 Å². The first-order valence-corrected chi connectivity index (χ1v) is 10.7. The number of anilines is 2. The molecule has 0 saturated carbocycles. The monoisotopic (exact) mass is 472 g/mol. The molecular formula is C23H15Cl3N2O3. The molecule has 0 bridgehead atoms. The fraction of sp³-hybridized carbons (Fsp3) is 0.130. The van der Waals surface area contributed by atoms with E-state index in [0.29, 0.717) is 5.02 Å². The Labute approximate surface area is 193 Å². The summed E-state index contributed by atoms with van der Waals surface area (Å²) in [6.45, 7) is 0. The van der Waals surface area contributed by atoms with Crippen molar-refractivity contribution in [3.8, 4) is 0 Å². The van der Waals surface area contributed by atoms with E-state index in [4.69, 9.17) is 39.6 Å². The minimum atomic E-state index is -1.01. The Balaban J connectivity index is 1.62. The van der Waals surface area contributed by atoms with E-state index in [0.717, 1.165) is 16.2 Å². The lowest BCUT2D eigenvalue weighted by Gasteiger charge is -2.29. The van der Waals surface area contributed by atoms with Gasteiger partial charge in [0.15, 0.2) is 6.10 Å². The highest BCUT2D eigenvalue weighted by Crippen LogP contribution is 2.49. The van der Waals surface area contributed by atoms with Crippen molar-refractivity contribution < 1.29 is 14.4 Å². The summed E-state index contributed by atoms with van der Waals surface area (Å²) < 4.78 is 0. The average molecular weight is 474 g/mol. The van der Waals surface area contributed by atoms with Gasteiger partial charge in [0.1, 0.15) is 5.92 Å². The second-order valence-corrected chi connectivity index (χ2v) is 8.55. The van der Waals surface area contributed by atoms with E-state index in [9.17, 15) is 9.59 Å². The van der Waals surface area contributed by atoms with Gasteiger partial charge in [0.25, 0.3) is 5.91 Å². The number of fused-ring (bicyclic) bond motifs is 1. The molecule has 31 heavy (non-hydrogen) atoms. The van der Waals surface area contributed by atoms with Crippen LogP contribution in [0.15, 0.2) is 72.8 Å². The van der Waals surface area contributed by atoms with Gasteiger partial charge in [-0.05, 0) is 42.0 Å². The molecule has 0 radical (unpaired) electrons. The summed E-state index contributed by atoms with van der Waals surface area (Å²) in [7, 11) is 0. The number of benzene rings is 3. The van der Waals surface area contributed by atoms with Crippen LogP contribution in [0.1, 0.15) is 11.6 Å². The number of carbonyl (C=O) groups excluding carboxylic acids is 2. The fourth-order valence-corrected chi connectivity index (χ4v) is 4.93. The molecule has 5 nitrogen and oxygen atoms in total. The van der Waals surface area contributed by atoms with Gasteiger partial charge >= 0.3 is 0 Å². The van der Waals surface area contributed by atoms with Crippen LogP contribution >= 0.6 is 34.8 Å². The van der Waals surface area contributed by atoms with Crippen molar-refractivity contribution >= 4 is 58.0 Å². The van der Waals surface area contributed by atoms with Crippen molar-refractivity contribution in [1.29, 1.82) is 0 Å². The van der Waals surface area contributed by atoms with Crippen molar-refractivity contribution in [2.24, 2.45) is 5.92 Å². The van der Waals surface area contributed by atoms with Crippen molar-refractivity contribution in [3.05, 3.63) is 93.4 Å². The van der Waals surface area contributed by atoms with Crippen molar-refractivity contribution in [1.82, 2.24) is 0 Å². The van der Waals surface area contributed by atoms with E-state index in [1.54, 1.807) is 41.5 Å². The molecule has 2 fully saturated rings. The lowest BCUT2D eigenvalue weighted by atomic mass is 9.90. The number of rotatable bonds is 3. The SMILES string of the molecule is O=C1C2ON(c3ccccc3)C(c3cccc(Cl)c3)C2C(=O)N1c1c(Cl)cccc1Cl. The normalized spacial score (nSPS) is 22.9. The second-order valence-electron chi connectivity index (χ2n) is 7.30. The molecule has 2 aliphatic rings. The minimum absolute atomic E-state index is 0.176. The number of hydrogen-bond donors (Lipinski definition) is 0. The predicted octanol–water partition coefficient (Wildman–Crippen LogP) is 5.70. The Hall–Kier alpha value is -2.57. The molecule has 2 heterocycles. The third kappa shape index (κ3) is 3.29. The maximum absolute atomic E-state index is 13.6. The van der Waals surface area contributed by atoms with Crippen molar-refractivity contribution in [2.75, 3.05) is 9.96 Å². The Kier molecular flexibility index (Phi) is 5.15. The van der Waals surface area contributed by atoms with Gasteiger partial charge in [-0.15, -0.1) is 0 Å². The maximum atomic E-state index is 13.6. The van der Waals surface area contributed by atoms with Gasteiger partial charge in [0.05, 0.1) is 27.5 Å². The molecule has 5 rings (SSSR count). The number of amides is 2. The van der Waals surface area contributed by atoms with Gasteiger partial charge in [0.2, 0.25) is 5.91 Å². The van der Waals surface area contributed by atoms with Crippen molar-refractivity contribution in [3.63, 3.8) is 0 Å². The molecule has 0 N–H and O–H groups in total. The molecule has 3 aromatic rings. The zero-order valence-electron chi connectivity index (χ0n) is 15.9. The average Bonchev–Trinajstić information content (AvgIpc) is 3.26. The summed E-state index contributed by atoms with van der Waals surface area (Å²) in [5.74, 6) is -1.72. The van der Waals surface area contributed by atoms with E-state index in [1.165, 1.54) is 0 Å². The Morgan fingerprint density at radius 1 is 0.774 bits per heavy atom. The minimum Gasteiger partial charge on any atom is -0.273 e. The van der Waals surface area contributed by atoms with Gasteiger partial charge in [-0.3, -0.25) is 14.4 Å². The second kappa shape index (κ2) is 7.84. The smallest absolute Gasteiger partial charge is 0.266 e. The zero-order chi connectivity index (χ0) is 21.7. The highest BCUT2D eigenvalue weighted by Gasteiger charge is 2.60. The number of imide groups is 1. The summed E-state index contributed by atoms with van der Waals surface area (Å²) in [4.78, 5) is 34.1. The Morgan fingerprint density at radius 3 is 2.13 bits per heavy atom. The fourth-order valence-electron chi connectivity index (χ4n) is 4.17. The number of para-hydroxylation sites is 2. The topological polar surface area (TPSA) is 49.9 Å². The van der Waals surface area contributed by atoms with Gasteiger partial charge in [-0.1, -0.05) is 71.2 Å². The van der Waals surface area contributed by atoms with Gasteiger partial charge in [-0.2, -0.15) is 0 Å². The van der Waals surface area contributed by atoms with Crippen LogP contribution in [-0.2, 0) is 14.4 Å². The first kappa shape index (κ1) is 20.3. The predicted molar refractivity (Wildman–Crippen MR) is 120 cm³/mol. The lowest BCUT2D eigenvalue weighted by molar-refractivity contribution is -0.126.